The molecule has 1 aliphatic heterocycles. The van der Waals surface area contributed by atoms with Crippen LogP contribution in [0.1, 0.15) is 53.0 Å². The van der Waals surface area contributed by atoms with Crippen LogP contribution in [0.5, 0.6) is 0 Å². The average Bonchev–Trinajstić information content (AvgIpc) is 3.08. The zero-order valence-electron chi connectivity index (χ0n) is 13.9. The molecule has 0 bridgehead atoms. The maximum atomic E-state index is 13.0. The summed E-state index contributed by atoms with van der Waals surface area (Å²) in [6.07, 6.45) is -3.55. The smallest absolute Gasteiger partial charge is 0.369 e. The molecule has 136 valence electrons. The zero-order chi connectivity index (χ0) is 18.4. The number of alkyl halides is 3. The molecule has 0 aromatic carbocycles. The number of halogens is 3. The lowest BCUT2D eigenvalue weighted by Crippen LogP contribution is -2.28. The monoisotopic (exact) mass is 357 g/mol. The van der Waals surface area contributed by atoms with Crippen molar-refractivity contribution in [3.05, 3.63) is 34.4 Å². The van der Waals surface area contributed by atoms with Gasteiger partial charge in [0.15, 0.2) is 5.69 Å². The molecule has 10 heteroatoms. The highest BCUT2D eigenvalue weighted by atomic mass is 19.4. The first kappa shape index (κ1) is 17.5. The number of aromatic nitrogens is 4. The van der Waals surface area contributed by atoms with Gasteiger partial charge in [0.05, 0.1) is 41.9 Å². The number of aryl methyl sites for hydroxylation is 1. The van der Waals surface area contributed by atoms with Crippen molar-refractivity contribution in [2.45, 2.75) is 45.2 Å². The largest absolute Gasteiger partial charge is 0.419 e. The number of carbonyl (C=O) groups is 1. The molecule has 2 atom stereocenters. The first-order chi connectivity index (χ1) is 11.7. The molecule has 3 rings (SSSR count). The predicted molar refractivity (Wildman–Crippen MR) is 80.6 cm³/mol. The lowest BCUT2D eigenvalue weighted by Gasteiger charge is -2.25. The minimum absolute atomic E-state index is 0.0689. The number of hydrogen-bond donors (Lipinski definition) is 2. The van der Waals surface area contributed by atoms with Crippen molar-refractivity contribution in [2.24, 2.45) is 7.05 Å². The van der Waals surface area contributed by atoms with Crippen LogP contribution in [0, 0.1) is 0 Å². The summed E-state index contributed by atoms with van der Waals surface area (Å²) in [4.78, 5) is 12.4. The molecule has 2 aromatic rings. The van der Waals surface area contributed by atoms with Crippen LogP contribution in [0.4, 0.5) is 13.2 Å². The lowest BCUT2D eigenvalue weighted by atomic mass is 9.99. The number of H-pyrrole nitrogens is 1. The lowest BCUT2D eigenvalue weighted by molar-refractivity contribution is -0.138. The van der Waals surface area contributed by atoms with Gasteiger partial charge in [-0.1, -0.05) is 0 Å². The molecule has 0 saturated carbocycles. The van der Waals surface area contributed by atoms with Gasteiger partial charge in [-0.15, -0.1) is 0 Å². The van der Waals surface area contributed by atoms with Crippen molar-refractivity contribution >= 4 is 5.91 Å². The first-order valence-corrected chi connectivity index (χ1v) is 7.77. The van der Waals surface area contributed by atoms with Gasteiger partial charge in [-0.25, -0.2) is 0 Å². The second kappa shape index (κ2) is 6.17. The second-order valence-corrected chi connectivity index (χ2v) is 6.07. The Morgan fingerprint density at radius 3 is 2.88 bits per heavy atom. The molecule has 2 aromatic heterocycles. The number of hydrogen-bond acceptors (Lipinski definition) is 4. The van der Waals surface area contributed by atoms with Gasteiger partial charge in [0.2, 0.25) is 0 Å². The summed E-state index contributed by atoms with van der Waals surface area (Å²) < 4.78 is 45.7. The van der Waals surface area contributed by atoms with Gasteiger partial charge in [0.25, 0.3) is 5.91 Å². The van der Waals surface area contributed by atoms with Crippen molar-refractivity contribution in [3.63, 3.8) is 0 Å². The standard InChI is InChI=1S/C15H18F3N5O2/c1-7-4-9-12(8(2)25-7)21-22-13(9)14(24)19-6-11-10(15(16,17)18)5-20-23(11)3/h5,7-8H,4,6H2,1-3H3,(H,19,24)(H,21,22)/t7-,8+/m1/s1. The Kier molecular flexibility index (Phi) is 4.31. The van der Waals surface area contributed by atoms with Gasteiger partial charge in [-0.3, -0.25) is 14.6 Å². The number of aromatic amines is 1. The van der Waals surface area contributed by atoms with Gasteiger partial charge >= 0.3 is 6.18 Å². The number of nitrogens with one attached hydrogen (secondary N) is 2. The Hall–Kier alpha value is -2.36. The van der Waals surface area contributed by atoms with Crippen LogP contribution in [0.3, 0.4) is 0 Å². The van der Waals surface area contributed by atoms with Crippen LogP contribution >= 0.6 is 0 Å². The summed E-state index contributed by atoms with van der Waals surface area (Å²) >= 11 is 0. The Labute approximate surface area is 141 Å². The van der Waals surface area contributed by atoms with Gasteiger partial charge < -0.3 is 10.1 Å². The fourth-order valence-electron chi connectivity index (χ4n) is 3.02. The van der Waals surface area contributed by atoms with E-state index in [-0.39, 0.29) is 30.1 Å². The second-order valence-electron chi connectivity index (χ2n) is 6.07. The molecule has 2 N–H and O–H groups in total. The predicted octanol–water partition coefficient (Wildman–Crippen LogP) is 2.11. The molecule has 3 heterocycles. The summed E-state index contributed by atoms with van der Waals surface area (Å²) in [6.45, 7) is 3.44. The maximum absolute atomic E-state index is 13.0. The number of fused-ring (bicyclic) bond motifs is 1. The van der Waals surface area contributed by atoms with E-state index in [1.54, 1.807) is 0 Å². The van der Waals surface area contributed by atoms with Crippen LogP contribution in [0.2, 0.25) is 0 Å². The SMILES string of the molecule is C[C@@H]1Cc2c(C(=O)NCc3c(C(F)(F)F)cnn3C)n[nH]c2[C@H](C)O1. The highest BCUT2D eigenvalue weighted by Crippen LogP contribution is 2.32. The van der Waals surface area contributed by atoms with Crippen molar-refractivity contribution in [1.82, 2.24) is 25.3 Å². The van der Waals surface area contributed by atoms with Gasteiger partial charge in [0.1, 0.15) is 0 Å². The van der Waals surface area contributed by atoms with Crippen LogP contribution in [-0.4, -0.2) is 32.0 Å². The number of carbonyl (C=O) groups excluding carboxylic acids is 1. The van der Waals surface area contributed by atoms with E-state index in [2.05, 4.69) is 20.6 Å². The zero-order valence-corrected chi connectivity index (χ0v) is 13.9. The van der Waals surface area contributed by atoms with E-state index in [4.69, 9.17) is 4.74 Å². The number of amides is 1. The van der Waals surface area contributed by atoms with E-state index in [9.17, 15) is 18.0 Å². The van der Waals surface area contributed by atoms with Gasteiger partial charge in [-0.05, 0) is 13.8 Å². The molecule has 0 aliphatic carbocycles. The summed E-state index contributed by atoms with van der Waals surface area (Å²) in [5, 5.41) is 12.9. The average molecular weight is 357 g/mol. The molecule has 7 nitrogen and oxygen atoms in total. The Morgan fingerprint density at radius 2 is 2.20 bits per heavy atom. The topological polar surface area (TPSA) is 84.8 Å². The molecule has 0 radical (unpaired) electrons. The van der Waals surface area contributed by atoms with Gasteiger partial charge in [-0.2, -0.15) is 23.4 Å². The van der Waals surface area contributed by atoms with Crippen LogP contribution in [-0.2, 0) is 30.9 Å². The van der Waals surface area contributed by atoms with E-state index in [1.165, 1.54) is 7.05 Å². The molecule has 25 heavy (non-hydrogen) atoms. The minimum atomic E-state index is -4.53. The summed E-state index contributed by atoms with van der Waals surface area (Å²) in [6, 6.07) is 0. The Morgan fingerprint density at radius 1 is 1.48 bits per heavy atom. The van der Waals surface area contributed by atoms with Crippen LogP contribution in [0.15, 0.2) is 6.20 Å². The number of ether oxygens (including phenoxy) is 1. The fourth-order valence-corrected chi connectivity index (χ4v) is 3.02. The third-order valence-corrected chi connectivity index (χ3v) is 4.23. The van der Waals surface area contributed by atoms with Crippen molar-refractivity contribution < 1.29 is 22.7 Å². The van der Waals surface area contributed by atoms with E-state index in [0.717, 1.165) is 22.1 Å². The molecule has 0 saturated heterocycles. The normalized spacial score (nSPS) is 20.4. The third kappa shape index (κ3) is 3.26. The molecule has 1 amide bonds. The van der Waals surface area contributed by atoms with Crippen LogP contribution in [0.25, 0.3) is 0 Å². The highest BCUT2D eigenvalue weighted by Gasteiger charge is 2.36. The molecular formula is C15H18F3N5O2. The molecule has 1 aliphatic rings. The molecule has 0 unspecified atom stereocenters. The van der Waals surface area contributed by atoms with Crippen molar-refractivity contribution in [1.29, 1.82) is 0 Å². The quantitative estimate of drug-likeness (QED) is 0.881. The van der Waals surface area contributed by atoms with E-state index >= 15 is 0 Å². The van der Waals surface area contributed by atoms with Crippen LogP contribution < -0.4 is 5.32 Å². The van der Waals surface area contributed by atoms with Crippen molar-refractivity contribution in [2.75, 3.05) is 0 Å². The van der Waals surface area contributed by atoms with Gasteiger partial charge in [0, 0.05) is 19.0 Å². The summed E-state index contributed by atoms with van der Waals surface area (Å²) in [5.41, 5.74) is 0.669. The summed E-state index contributed by atoms with van der Waals surface area (Å²) in [5.74, 6) is -0.534. The highest BCUT2D eigenvalue weighted by molar-refractivity contribution is 5.94. The Bertz CT molecular complexity index is 796. The minimum Gasteiger partial charge on any atom is -0.369 e. The maximum Gasteiger partial charge on any atom is 0.419 e. The van der Waals surface area contributed by atoms with Crippen molar-refractivity contribution in [3.8, 4) is 0 Å². The first-order valence-electron chi connectivity index (χ1n) is 7.77. The molecule has 0 fully saturated rings. The molecular weight excluding hydrogens is 339 g/mol. The van der Waals surface area contributed by atoms with E-state index in [1.807, 2.05) is 13.8 Å². The molecule has 0 spiro atoms. The summed E-state index contributed by atoms with van der Waals surface area (Å²) in [7, 11) is 1.40. The van der Waals surface area contributed by atoms with E-state index in [0.29, 0.717) is 6.42 Å². The fraction of sp³-hybridized carbons (Fsp3) is 0.533. The number of rotatable bonds is 3. The third-order valence-electron chi connectivity index (χ3n) is 4.23. The number of nitrogens with zero attached hydrogens (tertiary/aromatic N) is 3. The Balaban J connectivity index is 1.78. The van der Waals surface area contributed by atoms with E-state index < -0.39 is 17.6 Å².